The molecule has 28 heavy (non-hydrogen) atoms. The molecule has 8 heteroatoms. The highest BCUT2D eigenvalue weighted by Gasteiger charge is 2.53. The largest absolute Gasteiger partial charge is 0.481 e. The van der Waals surface area contributed by atoms with Crippen LogP contribution in [-0.2, 0) is 14.4 Å². The molecule has 2 heterocycles. The van der Waals surface area contributed by atoms with Crippen LogP contribution in [0, 0.1) is 17.3 Å². The fourth-order valence-electron chi connectivity index (χ4n) is 4.75. The van der Waals surface area contributed by atoms with Gasteiger partial charge >= 0.3 is 12.0 Å². The Kier molecular flexibility index (Phi) is 5.42. The molecule has 0 aromatic rings. The molecular weight excluding hydrogens is 362 g/mol. The molecule has 3 fully saturated rings. The third-order valence-corrected chi connectivity index (χ3v) is 6.80. The average molecular weight is 393 g/mol. The van der Waals surface area contributed by atoms with Crippen molar-refractivity contribution in [3.8, 4) is 0 Å². The van der Waals surface area contributed by atoms with Crippen LogP contribution in [0.4, 0.5) is 4.79 Å². The summed E-state index contributed by atoms with van der Waals surface area (Å²) in [7, 11) is 0. The van der Waals surface area contributed by atoms with Crippen molar-refractivity contribution in [3.63, 3.8) is 0 Å². The lowest BCUT2D eigenvalue weighted by molar-refractivity contribution is -0.146. The molecule has 1 aliphatic carbocycles. The maximum absolute atomic E-state index is 13.0. The van der Waals surface area contributed by atoms with Crippen LogP contribution >= 0.6 is 0 Å². The van der Waals surface area contributed by atoms with E-state index in [9.17, 15) is 19.2 Å². The van der Waals surface area contributed by atoms with Gasteiger partial charge in [0.1, 0.15) is 12.1 Å². The van der Waals surface area contributed by atoms with E-state index in [-0.39, 0.29) is 23.8 Å². The van der Waals surface area contributed by atoms with E-state index in [2.05, 4.69) is 26.1 Å². The third kappa shape index (κ3) is 3.86. The number of likely N-dealkylation sites (tertiary alicyclic amines) is 1. The van der Waals surface area contributed by atoms with E-state index in [1.54, 1.807) is 4.90 Å². The number of rotatable bonds is 3. The molecule has 0 aromatic heterocycles. The summed E-state index contributed by atoms with van der Waals surface area (Å²) in [5.74, 6) is -1.35. The average Bonchev–Trinajstić information content (AvgIpc) is 2.85. The molecule has 8 nitrogen and oxygen atoms in total. The number of carboxylic acid groups (broad SMARTS) is 1. The third-order valence-electron chi connectivity index (χ3n) is 6.80. The normalized spacial score (nSPS) is 29.3. The Labute approximate surface area is 165 Å². The number of hydrogen-bond donors (Lipinski definition) is 2. The van der Waals surface area contributed by atoms with E-state index < -0.39 is 23.5 Å². The number of carbonyl (C=O) groups is 4. The number of nitrogens with one attached hydrogen (secondary N) is 1. The van der Waals surface area contributed by atoms with Gasteiger partial charge in [0.2, 0.25) is 5.91 Å². The number of imide groups is 1. The van der Waals surface area contributed by atoms with E-state index in [0.29, 0.717) is 44.7 Å². The predicted octanol–water partition coefficient (Wildman–Crippen LogP) is 1.84. The number of nitrogens with zero attached hydrogens (tertiary/aromatic N) is 2. The molecule has 2 N–H and O–H groups in total. The molecule has 0 radical (unpaired) electrons. The van der Waals surface area contributed by atoms with Gasteiger partial charge in [0.25, 0.3) is 5.91 Å². The minimum atomic E-state index is -0.866. The van der Waals surface area contributed by atoms with Gasteiger partial charge in [-0.25, -0.2) is 4.79 Å². The Bertz CT molecular complexity index is 668. The van der Waals surface area contributed by atoms with E-state index in [0.717, 1.165) is 17.7 Å². The second-order valence-electron chi connectivity index (χ2n) is 9.54. The van der Waals surface area contributed by atoms with Crippen molar-refractivity contribution in [2.75, 3.05) is 19.6 Å². The fourth-order valence-corrected chi connectivity index (χ4v) is 4.75. The lowest BCUT2D eigenvalue weighted by atomic mass is 9.67. The second-order valence-corrected chi connectivity index (χ2v) is 9.54. The predicted molar refractivity (Wildman–Crippen MR) is 101 cm³/mol. The van der Waals surface area contributed by atoms with Crippen LogP contribution in [0.5, 0.6) is 0 Å². The summed E-state index contributed by atoms with van der Waals surface area (Å²) in [5, 5.41) is 11.9. The summed E-state index contributed by atoms with van der Waals surface area (Å²) >= 11 is 0. The number of piperidine rings is 1. The highest BCUT2D eigenvalue weighted by atomic mass is 16.4. The van der Waals surface area contributed by atoms with Crippen LogP contribution in [0.25, 0.3) is 0 Å². The number of hydrogen-bond acceptors (Lipinski definition) is 4. The molecule has 3 rings (SSSR count). The zero-order chi connectivity index (χ0) is 20.7. The Morgan fingerprint density at radius 2 is 1.68 bits per heavy atom. The summed E-state index contributed by atoms with van der Waals surface area (Å²) in [6.45, 7) is 7.01. The zero-order valence-corrected chi connectivity index (χ0v) is 17.0. The van der Waals surface area contributed by atoms with E-state index in [4.69, 9.17) is 5.11 Å². The Balaban J connectivity index is 1.59. The standard InChI is InChI=1S/C20H31N3O5/c1-19(2,3)14-4-8-20(9-5-14)17(27)23(18(28)21-20)12-15(24)22-10-6-13(7-11-22)16(25)26/h13-14H,4-12H2,1-3H3,(H,21,28)(H,25,26). The molecule has 156 valence electrons. The first kappa shape index (κ1) is 20.6. The smallest absolute Gasteiger partial charge is 0.325 e. The first-order valence-corrected chi connectivity index (χ1v) is 10.2. The van der Waals surface area contributed by atoms with Crippen molar-refractivity contribution in [2.45, 2.75) is 64.8 Å². The van der Waals surface area contributed by atoms with Crippen molar-refractivity contribution >= 4 is 23.8 Å². The Hall–Kier alpha value is -2.12. The van der Waals surface area contributed by atoms with Gasteiger partial charge in [0.05, 0.1) is 5.92 Å². The van der Waals surface area contributed by atoms with E-state index in [1.807, 2.05) is 0 Å². The first-order valence-electron chi connectivity index (χ1n) is 10.2. The summed E-state index contributed by atoms with van der Waals surface area (Å²) in [4.78, 5) is 51.7. The first-order chi connectivity index (χ1) is 13.0. The van der Waals surface area contributed by atoms with Crippen LogP contribution in [0.2, 0.25) is 0 Å². The van der Waals surface area contributed by atoms with Crippen molar-refractivity contribution < 1.29 is 24.3 Å². The zero-order valence-electron chi connectivity index (χ0n) is 17.0. The summed E-state index contributed by atoms with van der Waals surface area (Å²) in [6.07, 6.45) is 3.76. The minimum Gasteiger partial charge on any atom is -0.481 e. The van der Waals surface area contributed by atoms with Crippen molar-refractivity contribution in [1.29, 1.82) is 0 Å². The minimum absolute atomic E-state index is 0.172. The fraction of sp³-hybridized carbons (Fsp3) is 0.800. The maximum Gasteiger partial charge on any atom is 0.325 e. The monoisotopic (exact) mass is 393 g/mol. The van der Waals surface area contributed by atoms with Gasteiger partial charge in [-0.2, -0.15) is 0 Å². The number of amides is 4. The van der Waals surface area contributed by atoms with Gasteiger partial charge in [-0.3, -0.25) is 19.3 Å². The molecule has 4 amide bonds. The molecule has 0 aromatic carbocycles. The molecular formula is C20H31N3O5. The van der Waals surface area contributed by atoms with E-state index >= 15 is 0 Å². The molecule has 0 bridgehead atoms. The number of carboxylic acids is 1. The SMILES string of the molecule is CC(C)(C)C1CCC2(CC1)NC(=O)N(CC(=O)N1CCC(C(=O)O)CC1)C2=O. The Morgan fingerprint density at radius 1 is 1.11 bits per heavy atom. The molecule has 1 saturated carbocycles. The molecule has 0 unspecified atom stereocenters. The summed E-state index contributed by atoms with van der Waals surface area (Å²) in [5.41, 5.74) is -0.694. The van der Waals surface area contributed by atoms with Gasteiger partial charge in [0.15, 0.2) is 0 Å². The van der Waals surface area contributed by atoms with Crippen molar-refractivity contribution in [3.05, 3.63) is 0 Å². The van der Waals surface area contributed by atoms with Crippen LogP contribution < -0.4 is 5.32 Å². The molecule has 1 spiro atoms. The highest BCUT2D eigenvalue weighted by molar-refractivity contribution is 6.09. The second kappa shape index (κ2) is 7.37. The highest BCUT2D eigenvalue weighted by Crippen LogP contribution is 2.43. The van der Waals surface area contributed by atoms with Gasteiger partial charge in [-0.15, -0.1) is 0 Å². The molecule has 0 atom stereocenters. The van der Waals surface area contributed by atoms with Crippen molar-refractivity contribution in [1.82, 2.24) is 15.1 Å². The summed E-state index contributed by atoms with van der Waals surface area (Å²) in [6, 6.07) is -0.493. The van der Waals surface area contributed by atoms with Crippen LogP contribution in [0.1, 0.15) is 59.3 Å². The van der Waals surface area contributed by atoms with Crippen LogP contribution in [0.3, 0.4) is 0 Å². The molecule has 2 saturated heterocycles. The molecule has 2 aliphatic heterocycles. The van der Waals surface area contributed by atoms with Gasteiger partial charge in [0, 0.05) is 13.1 Å². The number of urea groups is 1. The summed E-state index contributed by atoms with van der Waals surface area (Å²) < 4.78 is 0. The number of aliphatic carboxylic acids is 1. The Morgan fingerprint density at radius 3 is 2.18 bits per heavy atom. The molecule has 3 aliphatic rings. The van der Waals surface area contributed by atoms with Crippen molar-refractivity contribution in [2.24, 2.45) is 17.3 Å². The van der Waals surface area contributed by atoms with E-state index in [1.165, 1.54) is 0 Å². The topological polar surface area (TPSA) is 107 Å². The van der Waals surface area contributed by atoms with Crippen LogP contribution in [-0.4, -0.2) is 63.9 Å². The van der Waals surface area contributed by atoms with Gasteiger partial charge in [-0.1, -0.05) is 20.8 Å². The lowest BCUT2D eigenvalue weighted by Crippen LogP contribution is -2.51. The quantitative estimate of drug-likeness (QED) is 0.712. The van der Waals surface area contributed by atoms with Crippen LogP contribution in [0.15, 0.2) is 0 Å². The maximum atomic E-state index is 13.0. The number of carbonyl (C=O) groups excluding carboxylic acids is 3. The van der Waals surface area contributed by atoms with Gasteiger partial charge < -0.3 is 15.3 Å². The lowest BCUT2D eigenvalue weighted by Gasteiger charge is -2.40. The van der Waals surface area contributed by atoms with Gasteiger partial charge in [-0.05, 0) is 49.9 Å².